The lowest BCUT2D eigenvalue weighted by Gasteiger charge is -2.10. The fraction of sp³-hybridized carbons (Fsp3) is 0.200. The molecule has 0 atom stereocenters. The monoisotopic (exact) mass is 288 g/mol. The van der Waals surface area contributed by atoms with Crippen molar-refractivity contribution >= 4 is 28.8 Å². The standard InChI is InChI=1S/C15H16N2O2S/c1-8-5-4-6-11(13(8)14(16)18)17-15(19)12-7-9(2)10(3)20-12/h4-7H,1-3H3,(H2,16,18)(H,17,19). The Morgan fingerprint density at radius 2 is 1.85 bits per heavy atom. The van der Waals surface area contributed by atoms with Gasteiger partial charge in [0.2, 0.25) is 0 Å². The Hall–Kier alpha value is -2.14. The van der Waals surface area contributed by atoms with E-state index in [1.807, 2.05) is 19.9 Å². The van der Waals surface area contributed by atoms with Crippen LogP contribution in [0.2, 0.25) is 0 Å². The number of nitrogens with one attached hydrogen (secondary N) is 1. The molecule has 4 nitrogen and oxygen atoms in total. The van der Waals surface area contributed by atoms with Crippen molar-refractivity contribution in [1.29, 1.82) is 0 Å². The van der Waals surface area contributed by atoms with Gasteiger partial charge in [0.25, 0.3) is 11.8 Å². The zero-order valence-corrected chi connectivity index (χ0v) is 12.4. The molecular weight excluding hydrogens is 272 g/mol. The van der Waals surface area contributed by atoms with Crippen LogP contribution in [-0.4, -0.2) is 11.8 Å². The zero-order valence-electron chi connectivity index (χ0n) is 11.6. The summed E-state index contributed by atoms with van der Waals surface area (Å²) in [4.78, 5) is 25.4. The molecule has 0 aliphatic heterocycles. The van der Waals surface area contributed by atoms with Crippen molar-refractivity contribution in [3.63, 3.8) is 0 Å². The third kappa shape index (κ3) is 2.72. The number of amides is 2. The van der Waals surface area contributed by atoms with Gasteiger partial charge < -0.3 is 11.1 Å². The number of aryl methyl sites for hydroxylation is 3. The molecule has 1 aromatic heterocycles. The number of nitrogens with two attached hydrogens (primary N) is 1. The number of primary amides is 1. The summed E-state index contributed by atoms with van der Waals surface area (Å²) >= 11 is 1.43. The van der Waals surface area contributed by atoms with Gasteiger partial charge in [-0.05, 0) is 44.0 Å². The first-order chi connectivity index (χ1) is 9.40. The van der Waals surface area contributed by atoms with Gasteiger partial charge in [0.15, 0.2) is 0 Å². The second kappa shape index (κ2) is 5.46. The number of thiophene rings is 1. The van der Waals surface area contributed by atoms with Crippen molar-refractivity contribution in [3.8, 4) is 0 Å². The highest BCUT2D eigenvalue weighted by Gasteiger charge is 2.16. The van der Waals surface area contributed by atoms with Gasteiger partial charge in [0, 0.05) is 4.88 Å². The Labute approximate surface area is 121 Å². The van der Waals surface area contributed by atoms with E-state index < -0.39 is 5.91 Å². The summed E-state index contributed by atoms with van der Waals surface area (Å²) in [5.41, 5.74) is 8.00. The quantitative estimate of drug-likeness (QED) is 0.911. The molecule has 20 heavy (non-hydrogen) atoms. The molecule has 0 radical (unpaired) electrons. The molecule has 5 heteroatoms. The summed E-state index contributed by atoms with van der Waals surface area (Å²) in [5.74, 6) is -0.767. The van der Waals surface area contributed by atoms with Gasteiger partial charge in [-0.15, -0.1) is 11.3 Å². The smallest absolute Gasteiger partial charge is 0.265 e. The van der Waals surface area contributed by atoms with Gasteiger partial charge in [-0.2, -0.15) is 0 Å². The maximum atomic E-state index is 12.2. The molecule has 2 amide bonds. The second-order valence-electron chi connectivity index (χ2n) is 4.67. The van der Waals surface area contributed by atoms with Gasteiger partial charge in [-0.1, -0.05) is 12.1 Å². The molecule has 104 valence electrons. The van der Waals surface area contributed by atoms with Crippen LogP contribution >= 0.6 is 11.3 Å². The third-order valence-corrected chi connectivity index (χ3v) is 4.31. The van der Waals surface area contributed by atoms with Gasteiger partial charge in [0.05, 0.1) is 16.1 Å². The lowest BCUT2D eigenvalue weighted by molar-refractivity contribution is 0.100. The normalized spacial score (nSPS) is 10.3. The maximum absolute atomic E-state index is 12.2. The fourth-order valence-electron chi connectivity index (χ4n) is 1.97. The molecule has 0 saturated heterocycles. The summed E-state index contributed by atoms with van der Waals surface area (Å²) in [6.07, 6.45) is 0. The van der Waals surface area contributed by atoms with E-state index in [0.717, 1.165) is 16.0 Å². The minimum absolute atomic E-state index is 0.223. The van der Waals surface area contributed by atoms with E-state index in [-0.39, 0.29) is 5.91 Å². The number of carbonyl (C=O) groups excluding carboxylic acids is 2. The molecule has 0 unspecified atom stereocenters. The SMILES string of the molecule is Cc1cc(C(=O)Nc2cccc(C)c2C(N)=O)sc1C. The van der Waals surface area contributed by atoms with Crippen LogP contribution in [-0.2, 0) is 0 Å². The van der Waals surface area contributed by atoms with Crippen molar-refractivity contribution in [2.24, 2.45) is 5.73 Å². The number of hydrogen-bond donors (Lipinski definition) is 2. The first kappa shape index (κ1) is 14.3. The molecule has 0 aliphatic carbocycles. The van der Waals surface area contributed by atoms with Crippen LogP contribution in [0, 0.1) is 20.8 Å². The average Bonchev–Trinajstić information content (AvgIpc) is 2.69. The van der Waals surface area contributed by atoms with E-state index in [9.17, 15) is 9.59 Å². The number of carbonyl (C=O) groups is 2. The highest BCUT2D eigenvalue weighted by Crippen LogP contribution is 2.24. The van der Waals surface area contributed by atoms with E-state index in [2.05, 4.69) is 5.32 Å². The van der Waals surface area contributed by atoms with E-state index >= 15 is 0 Å². The number of rotatable bonds is 3. The van der Waals surface area contributed by atoms with Crippen LogP contribution in [0.1, 0.15) is 36.0 Å². The van der Waals surface area contributed by atoms with Crippen molar-refractivity contribution in [2.45, 2.75) is 20.8 Å². The Kier molecular flexibility index (Phi) is 3.90. The van der Waals surface area contributed by atoms with Crippen LogP contribution in [0.15, 0.2) is 24.3 Å². The average molecular weight is 288 g/mol. The summed E-state index contributed by atoms with van der Waals surface area (Å²) in [6, 6.07) is 7.09. The lowest BCUT2D eigenvalue weighted by atomic mass is 10.1. The lowest BCUT2D eigenvalue weighted by Crippen LogP contribution is -2.18. The van der Waals surface area contributed by atoms with Crippen molar-refractivity contribution < 1.29 is 9.59 Å². The molecule has 3 N–H and O–H groups in total. The van der Waals surface area contributed by atoms with Gasteiger partial charge in [-0.3, -0.25) is 9.59 Å². The summed E-state index contributed by atoms with van der Waals surface area (Å²) in [6.45, 7) is 5.72. The fourth-order valence-corrected chi connectivity index (χ4v) is 2.90. The summed E-state index contributed by atoms with van der Waals surface area (Å²) in [5, 5.41) is 2.76. The molecular formula is C15H16N2O2S. The van der Waals surface area contributed by atoms with Crippen LogP contribution < -0.4 is 11.1 Å². The topological polar surface area (TPSA) is 72.2 Å². The Bertz CT molecular complexity index is 670. The van der Waals surface area contributed by atoms with Gasteiger partial charge in [0.1, 0.15) is 0 Å². The molecule has 0 fully saturated rings. The Morgan fingerprint density at radius 3 is 2.40 bits per heavy atom. The highest BCUT2D eigenvalue weighted by atomic mass is 32.1. The molecule has 0 spiro atoms. The molecule has 1 aromatic carbocycles. The maximum Gasteiger partial charge on any atom is 0.265 e. The predicted molar refractivity (Wildman–Crippen MR) is 81.4 cm³/mol. The molecule has 2 aromatic rings. The van der Waals surface area contributed by atoms with Gasteiger partial charge >= 0.3 is 0 Å². The first-order valence-electron chi connectivity index (χ1n) is 6.18. The van der Waals surface area contributed by atoms with Crippen LogP contribution in [0.25, 0.3) is 0 Å². The van der Waals surface area contributed by atoms with Crippen molar-refractivity contribution in [3.05, 3.63) is 50.7 Å². The molecule has 0 saturated carbocycles. The minimum Gasteiger partial charge on any atom is -0.366 e. The minimum atomic E-state index is -0.544. The van der Waals surface area contributed by atoms with Crippen molar-refractivity contribution in [2.75, 3.05) is 5.32 Å². The predicted octanol–water partition coefficient (Wildman–Crippen LogP) is 3.02. The zero-order chi connectivity index (χ0) is 14.9. The van der Waals surface area contributed by atoms with E-state index in [4.69, 9.17) is 5.73 Å². The third-order valence-electron chi connectivity index (χ3n) is 3.16. The molecule has 1 heterocycles. The number of anilines is 1. The van der Waals surface area contributed by atoms with Crippen LogP contribution in [0.3, 0.4) is 0 Å². The number of benzene rings is 1. The van der Waals surface area contributed by atoms with E-state index in [0.29, 0.717) is 16.1 Å². The van der Waals surface area contributed by atoms with E-state index in [1.165, 1.54) is 11.3 Å². The summed E-state index contributed by atoms with van der Waals surface area (Å²) < 4.78 is 0. The molecule has 0 aliphatic rings. The Balaban J connectivity index is 2.33. The van der Waals surface area contributed by atoms with Crippen molar-refractivity contribution in [1.82, 2.24) is 0 Å². The second-order valence-corrected chi connectivity index (χ2v) is 5.92. The Morgan fingerprint density at radius 1 is 1.15 bits per heavy atom. The van der Waals surface area contributed by atoms with E-state index in [1.54, 1.807) is 25.1 Å². The van der Waals surface area contributed by atoms with Gasteiger partial charge in [-0.25, -0.2) is 0 Å². The van der Waals surface area contributed by atoms with Crippen LogP contribution in [0.5, 0.6) is 0 Å². The number of hydrogen-bond acceptors (Lipinski definition) is 3. The highest BCUT2D eigenvalue weighted by molar-refractivity contribution is 7.14. The largest absolute Gasteiger partial charge is 0.366 e. The van der Waals surface area contributed by atoms with Crippen LogP contribution in [0.4, 0.5) is 5.69 Å². The molecule has 2 rings (SSSR count). The molecule has 0 bridgehead atoms. The first-order valence-corrected chi connectivity index (χ1v) is 6.99. The summed E-state index contributed by atoms with van der Waals surface area (Å²) in [7, 11) is 0.